The minimum atomic E-state index is -2.61. The number of nitrogens with one attached hydrogen (secondary N) is 4. The van der Waals surface area contributed by atoms with E-state index in [-0.39, 0.29) is 28.0 Å². The Morgan fingerprint density at radius 2 is 1.34 bits per heavy atom. The van der Waals surface area contributed by atoms with E-state index in [1.54, 1.807) is 61.5 Å². The Labute approximate surface area is 561 Å². The van der Waals surface area contributed by atoms with Crippen molar-refractivity contribution in [3.05, 3.63) is 149 Å². The SMILES string of the molecule is CC(=O)O[C@H]1C(=O)[C@]2(C)[C@@H](OC(=O)Nc3ccc(C(C)NNC(=O)[C@H](O)[C@H](O)[C@H](OC4O[C@H](CO)[C@H](O)[C@H](O)[C@H]4O)[C@H](O)CO)cc3)C[C@H]3OC[C@@]3(OC(C)=O)[C@H]2[C@H](OC(=O)c2ccccc2)[C@]2(O)C[C@H](OC(=O)[C@H](O)[C@@H](NC(=O)c3ccccc3)c3ccccc3)C(C)=C1C2(C)C. The number of benzene rings is 4. The summed E-state index contributed by atoms with van der Waals surface area (Å²) in [5.74, 6) is -9.09. The molecule has 5 aliphatic rings. The van der Waals surface area contributed by atoms with Gasteiger partial charge in [-0.05, 0) is 79.4 Å². The van der Waals surface area contributed by atoms with Crippen LogP contribution in [0, 0.1) is 16.7 Å². The summed E-state index contributed by atoms with van der Waals surface area (Å²) in [5, 5.41) is 114. The Bertz CT molecular complexity index is 3580. The molecule has 21 atom stereocenters. The van der Waals surface area contributed by atoms with Gasteiger partial charge in [0.15, 0.2) is 36.0 Å². The van der Waals surface area contributed by atoms with E-state index in [4.69, 9.17) is 37.9 Å². The number of esters is 4. The molecule has 4 aromatic carbocycles. The smallest absolute Gasteiger partial charge is 0.411 e. The van der Waals surface area contributed by atoms with Crippen molar-refractivity contribution in [1.29, 1.82) is 0 Å². The van der Waals surface area contributed by atoms with Gasteiger partial charge >= 0.3 is 30.0 Å². The molecule has 0 radical (unpaired) electrons. The van der Waals surface area contributed by atoms with Gasteiger partial charge in [0.05, 0.1) is 42.8 Å². The van der Waals surface area contributed by atoms with E-state index in [9.17, 15) is 84.6 Å². The average Bonchev–Trinajstić information content (AvgIpc) is 0.668. The monoisotopic (exact) mass is 1370 g/mol. The maximum absolute atomic E-state index is 16.5. The number of rotatable bonds is 23. The van der Waals surface area contributed by atoms with Crippen LogP contribution in [0.15, 0.2) is 126 Å². The number of fused-ring (bicyclic) bond motifs is 5. The Balaban J connectivity index is 1.01. The molecule has 2 unspecified atom stereocenters. The van der Waals surface area contributed by atoms with Crippen LogP contribution >= 0.6 is 0 Å². The lowest BCUT2D eigenvalue weighted by Crippen LogP contribution is -2.82. The number of hydrazine groups is 1. The number of carbonyl (C=O) groups is 8. The zero-order chi connectivity index (χ0) is 71.5. The molecule has 98 heavy (non-hydrogen) atoms. The summed E-state index contributed by atoms with van der Waals surface area (Å²) in [6, 6.07) is 27.1. The van der Waals surface area contributed by atoms with Crippen molar-refractivity contribution in [3.63, 3.8) is 0 Å². The van der Waals surface area contributed by atoms with Crippen LogP contribution in [0.5, 0.6) is 0 Å². The molecular weight excluding hydrogens is 1290 g/mol. The van der Waals surface area contributed by atoms with Gasteiger partial charge in [0.1, 0.15) is 72.7 Å². The molecular formula is C68H82N4O26. The van der Waals surface area contributed by atoms with E-state index in [2.05, 4.69) is 21.5 Å². The van der Waals surface area contributed by atoms with Gasteiger partial charge in [-0.3, -0.25) is 34.7 Å². The summed E-state index contributed by atoms with van der Waals surface area (Å²) < 4.78 is 48.1. The third kappa shape index (κ3) is 14.5. The van der Waals surface area contributed by atoms with Crippen molar-refractivity contribution in [2.24, 2.45) is 16.7 Å². The van der Waals surface area contributed by atoms with Gasteiger partial charge in [-0.1, -0.05) is 92.7 Å². The zero-order valence-electron chi connectivity index (χ0n) is 54.4. The van der Waals surface area contributed by atoms with Crippen molar-refractivity contribution >= 4 is 53.3 Å². The fraction of sp³-hybridized carbons (Fsp3) is 0.500. The number of ketones is 1. The summed E-state index contributed by atoms with van der Waals surface area (Å²) in [6.45, 7) is 6.97. The maximum atomic E-state index is 16.5. The summed E-state index contributed by atoms with van der Waals surface area (Å²) in [5.41, 5.74) is -3.14. The van der Waals surface area contributed by atoms with E-state index in [0.717, 1.165) is 13.8 Å². The predicted octanol–water partition coefficient (Wildman–Crippen LogP) is -0.0660. The number of hydrogen-bond acceptors (Lipinski definition) is 27. The Morgan fingerprint density at radius 1 is 0.724 bits per heavy atom. The highest BCUT2D eigenvalue weighted by molar-refractivity contribution is 5.97. The summed E-state index contributed by atoms with van der Waals surface area (Å²) in [6.07, 6.45) is -31.2. The van der Waals surface area contributed by atoms with Gasteiger partial charge < -0.3 is 94.3 Å². The van der Waals surface area contributed by atoms with Crippen LogP contribution in [0.25, 0.3) is 0 Å². The first-order valence-corrected chi connectivity index (χ1v) is 31.6. The highest BCUT2D eigenvalue weighted by atomic mass is 16.7. The van der Waals surface area contributed by atoms with Crippen molar-refractivity contribution < 1.29 is 127 Å². The standard InChI is InChI=1S/C68H82N4O26/c1-32-42(93-62(88)49(79)47(37-17-11-8-12-18-37)70-59(85)38-19-13-9-14-20-38)28-68(90)58(97-61(87)39-21-15-10-16-22-39)56-66(7,57(84)55(92-34(3)75)46(32)65(68,5)6)44(27-45-67(56,31-91-45)98-35(4)76)95-64(89)69-40-25-23-36(24-26-40)33(2)71-72-60(86)52(82)51(81)54(41(77)29-73)96-63-53(83)50(80)48(78)43(30-74)94-63/h8-26,33,41-45,47-56,58,63,71,73-74,77-83,90H,27-31H2,1-7H3,(H,69,89)(H,70,85)(H,72,86)/t33?,41-,42+,43-,44+,45-,47+,48+,49-,50+,51+,52-,53-,54-,55-,56+,58+,63?,66-,67+,68-/m1/s1. The first kappa shape index (κ1) is 74.1. The van der Waals surface area contributed by atoms with Crippen LogP contribution in [0.2, 0.25) is 0 Å². The number of amides is 3. The largest absolute Gasteiger partial charge is 0.456 e. The van der Waals surface area contributed by atoms with Crippen LogP contribution in [-0.4, -0.2) is 221 Å². The van der Waals surface area contributed by atoms with Gasteiger partial charge in [-0.2, -0.15) is 0 Å². The quantitative estimate of drug-likeness (QED) is 0.0200. The summed E-state index contributed by atoms with van der Waals surface area (Å²) in [4.78, 5) is 115. The van der Waals surface area contributed by atoms with Crippen molar-refractivity contribution in [2.75, 3.05) is 25.1 Å². The van der Waals surface area contributed by atoms with Gasteiger partial charge in [0.2, 0.25) is 0 Å². The lowest BCUT2D eigenvalue weighted by molar-refractivity contribution is -0.345. The van der Waals surface area contributed by atoms with Crippen LogP contribution in [0.4, 0.5) is 10.5 Å². The summed E-state index contributed by atoms with van der Waals surface area (Å²) >= 11 is 0. The molecule has 0 aromatic heterocycles. The summed E-state index contributed by atoms with van der Waals surface area (Å²) in [7, 11) is 0. The minimum absolute atomic E-state index is 0.0446. The topological polar surface area (TPSA) is 461 Å². The number of carbonyl (C=O) groups excluding carboxylic acids is 8. The number of aliphatic hydroxyl groups excluding tert-OH is 9. The predicted molar refractivity (Wildman–Crippen MR) is 335 cm³/mol. The number of ether oxygens (including phenoxy) is 8. The number of hydrogen-bond donors (Lipinski definition) is 14. The van der Waals surface area contributed by atoms with E-state index in [1.807, 2.05) is 0 Å². The number of aliphatic hydroxyl groups is 10. The molecule has 30 heteroatoms. The van der Waals surface area contributed by atoms with Crippen LogP contribution < -0.4 is 21.5 Å². The molecule has 30 nitrogen and oxygen atoms in total. The van der Waals surface area contributed by atoms with Crippen molar-refractivity contribution in [3.8, 4) is 0 Å². The third-order valence-corrected chi connectivity index (χ3v) is 19.4. The molecule has 530 valence electrons. The Morgan fingerprint density at radius 3 is 1.91 bits per heavy atom. The fourth-order valence-corrected chi connectivity index (χ4v) is 14.0. The van der Waals surface area contributed by atoms with Crippen LogP contribution in [0.1, 0.15) is 105 Å². The van der Waals surface area contributed by atoms with Crippen LogP contribution in [-0.2, 0) is 61.9 Å². The Kier molecular flexibility index (Phi) is 22.8. The van der Waals surface area contributed by atoms with Crippen LogP contribution in [0.3, 0.4) is 0 Å². The van der Waals surface area contributed by atoms with E-state index in [0.29, 0.717) is 11.1 Å². The molecule has 3 amide bonds. The molecule has 4 aromatic rings. The highest BCUT2D eigenvalue weighted by Gasteiger charge is 2.79. The van der Waals surface area contributed by atoms with E-state index < -0.39 is 212 Å². The van der Waals surface area contributed by atoms with Gasteiger partial charge in [-0.25, -0.2) is 19.8 Å². The maximum Gasteiger partial charge on any atom is 0.411 e. The molecule has 2 saturated heterocycles. The van der Waals surface area contributed by atoms with E-state index in [1.165, 1.54) is 88.4 Å². The van der Waals surface area contributed by atoms with E-state index >= 15 is 4.79 Å². The zero-order valence-corrected chi connectivity index (χ0v) is 54.4. The third-order valence-electron chi connectivity index (χ3n) is 19.4. The molecule has 2 saturated carbocycles. The second-order valence-electron chi connectivity index (χ2n) is 25.8. The molecule has 14 N–H and O–H groups in total. The molecule has 0 spiro atoms. The first-order valence-electron chi connectivity index (χ1n) is 31.6. The Hall–Kier alpha value is -8.18. The molecule has 2 bridgehead atoms. The molecule has 4 fully saturated rings. The first-order chi connectivity index (χ1) is 46.3. The minimum Gasteiger partial charge on any atom is -0.456 e. The van der Waals surface area contributed by atoms with Gasteiger partial charge in [0, 0.05) is 49.4 Å². The van der Waals surface area contributed by atoms with Crippen molar-refractivity contribution in [2.45, 2.75) is 176 Å². The molecule has 2 aliphatic heterocycles. The number of Topliss-reactive ketones (excluding diaryl/α,β-unsaturated/α-hetero) is 1. The van der Waals surface area contributed by atoms with Crippen molar-refractivity contribution in [1.82, 2.24) is 16.2 Å². The normalized spacial score (nSPS) is 30.7. The highest BCUT2D eigenvalue weighted by Crippen LogP contribution is 2.65. The molecule has 2 heterocycles. The fourth-order valence-electron chi connectivity index (χ4n) is 14.0. The number of anilines is 1. The second-order valence-corrected chi connectivity index (χ2v) is 25.8. The molecule has 9 rings (SSSR count). The second kappa shape index (κ2) is 30.1. The van der Waals surface area contributed by atoms with Gasteiger partial charge in [0.25, 0.3) is 11.8 Å². The van der Waals surface area contributed by atoms with Gasteiger partial charge in [-0.15, -0.1) is 0 Å². The molecule has 3 aliphatic carbocycles. The lowest BCUT2D eigenvalue weighted by atomic mass is 9.44. The lowest BCUT2D eigenvalue weighted by Gasteiger charge is -2.67. The average molecular weight is 1370 g/mol.